The van der Waals surface area contributed by atoms with Crippen LogP contribution < -0.4 is 5.32 Å². The van der Waals surface area contributed by atoms with Crippen LogP contribution in [0.15, 0.2) is 41.8 Å². The number of carbonyl (C=O) groups is 1. The zero-order valence-electron chi connectivity index (χ0n) is 11.5. The van der Waals surface area contributed by atoms with Crippen LogP contribution in [0.2, 0.25) is 0 Å². The van der Waals surface area contributed by atoms with Crippen molar-refractivity contribution in [1.29, 1.82) is 0 Å². The third-order valence-corrected chi connectivity index (χ3v) is 4.26. The molecule has 2 N–H and O–H groups in total. The molecule has 3 nitrogen and oxygen atoms in total. The van der Waals surface area contributed by atoms with E-state index in [0.29, 0.717) is 11.5 Å². The molecule has 1 atom stereocenters. The van der Waals surface area contributed by atoms with E-state index in [0.717, 1.165) is 24.4 Å². The van der Waals surface area contributed by atoms with Gasteiger partial charge in [-0.05, 0) is 30.5 Å². The Morgan fingerprint density at radius 1 is 1.35 bits per heavy atom. The SMILES string of the molecule is CC(CCNCc1cc(C(=O)O)cs1)c1ccccc1. The average molecular weight is 289 g/mol. The molecule has 1 aromatic heterocycles. The van der Waals surface area contributed by atoms with E-state index in [1.807, 2.05) is 6.07 Å². The maximum Gasteiger partial charge on any atom is 0.336 e. The summed E-state index contributed by atoms with van der Waals surface area (Å²) < 4.78 is 0. The second-order valence-electron chi connectivity index (χ2n) is 4.88. The lowest BCUT2D eigenvalue weighted by Crippen LogP contribution is -2.15. The van der Waals surface area contributed by atoms with E-state index in [2.05, 4.69) is 36.5 Å². The molecule has 106 valence electrons. The van der Waals surface area contributed by atoms with Crippen molar-refractivity contribution in [3.63, 3.8) is 0 Å². The maximum absolute atomic E-state index is 10.8. The number of hydrogen-bond donors (Lipinski definition) is 2. The van der Waals surface area contributed by atoms with Gasteiger partial charge in [0.15, 0.2) is 0 Å². The smallest absolute Gasteiger partial charge is 0.336 e. The van der Waals surface area contributed by atoms with Gasteiger partial charge in [-0.2, -0.15) is 0 Å². The van der Waals surface area contributed by atoms with Crippen LogP contribution in [0, 0.1) is 0 Å². The molecule has 0 radical (unpaired) electrons. The predicted octanol–water partition coefficient (Wildman–Crippen LogP) is 3.73. The summed E-state index contributed by atoms with van der Waals surface area (Å²) >= 11 is 1.49. The van der Waals surface area contributed by atoms with Gasteiger partial charge in [0.25, 0.3) is 0 Å². The molecule has 0 bridgehead atoms. The fourth-order valence-corrected chi connectivity index (χ4v) is 2.89. The number of carboxylic acids is 1. The molecular formula is C16H19NO2S. The van der Waals surface area contributed by atoms with Crippen molar-refractivity contribution in [2.75, 3.05) is 6.54 Å². The molecule has 0 aliphatic carbocycles. The lowest BCUT2D eigenvalue weighted by atomic mass is 9.98. The van der Waals surface area contributed by atoms with Gasteiger partial charge in [-0.15, -0.1) is 11.3 Å². The van der Waals surface area contributed by atoms with Crippen molar-refractivity contribution in [3.8, 4) is 0 Å². The second-order valence-corrected chi connectivity index (χ2v) is 5.88. The van der Waals surface area contributed by atoms with Crippen LogP contribution in [-0.4, -0.2) is 17.6 Å². The van der Waals surface area contributed by atoms with E-state index in [9.17, 15) is 4.79 Å². The first kappa shape index (κ1) is 14.8. The van der Waals surface area contributed by atoms with Crippen LogP contribution in [0.1, 0.15) is 40.1 Å². The molecule has 0 fully saturated rings. The van der Waals surface area contributed by atoms with E-state index in [-0.39, 0.29) is 0 Å². The van der Waals surface area contributed by atoms with Gasteiger partial charge in [0, 0.05) is 16.8 Å². The summed E-state index contributed by atoms with van der Waals surface area (Å²) in [5.74, 6) is -0.327. The lowest BCUT2D eigenvalue weighted by Gasteiger charge is -2.12. The minimum Gasteiger partial charge on any atom is -0.478 e. The molecular weight excluding hydrogens is 270 g/mol. The standard InChI is InChI=1S/C16H19NO2S/c1-12(13-5-3-2-4-6-13)7-8-17-10-15-9-14(11-20-15)16(18)19/h2-6,9,11-12,17H,7-8,10H2,1H3,(H,18,19). The Morgan fingerprint density at radius 2 is 2.10 bits per heavy atom. The van der Waals surface area contributed by atoms with Crippen LogP contribution in [0.5, 0.6) is 0 Å². The van der Waals surface area contributed by atoms with Gasteiger partial charge < -0.3 is 10.4 Å². The van der Waals surface area contributed by atoms with Crippen LogP contribution in [0.25, 0.3) is 0 Å². The molecule has 1 aromatic carbocycles. The Labute approximate surface area is 123 Å². The zero-order valence-corrected chi connectivity index (χ0v) is 12.3. The quantitative estimate of drug-likeness (QED) is 0.764. The number of aromatic carboxylic acids is 1. The summed E-state index contributed by atoms with van der Waals surface area (Å²) in [7, 11) is 0. The van der Waals surface area contributed by atoms with Crippen LogP contribution in [0.4, 0.5) is 0 Å². The molecule has 2 aromatic rings. The summed E-state index contributed by atoms with van der Waals surface area (Å²) in [6.45, 7) is 3.89. The van der Waals surface area contributed by atoms with Crippen LogP contribution in [-0.2, 0) is 6.54 Å². The van der Waals surface area contributed by atoms with Gasteiger partial charge >= 0.3 is 5.97 Å². The number of benzene rings is 1. The highest BCUT2D eigenvalue weighted by molar-refractivity contribution is 7.10. The molecule has 0 saturated heterocycles. The summed E-state index contributed by atoms with van der Waals surface area (Å²) in [6.07, 6.45) is 1.07. The third kappa shape index (κ3) is 4.18. The summed E-state index contributed by atoms with van der Waals surface area (Å²) in [4.78, 5) is 11.8. The van der Waals surface area contributed by atoms with Gasteiger partial charge in [0.2, 0.25) is 0 Å². The summed E-state index contributed by atoms with van der Waals surface area (Å²) in [6, 6.07) is 12.2. The largest absolute Gasteiger partial charge is 0.478 e. The number of thiophene rings is 1. The van der Waals surface area contributed by atoms with Gasteiger partial charge in [-0.25, -0.2) is 4.79 Å². The van der Waals surface area contributed by atoms with Gasteiger partial charge in [0.05, 0.1) is 5.56 Å². The Balaban J connectivity index is 1.72. The summed E-state index contributed by atoms with van der Waals surface area (Å²) in [5.41, 5.74) is 1.74. The van der Waals surface area contributed by atoms with Crippen molar-refractivity contribution in [2.45, 2.75) is 25.8 Å². The first-order valence-electron chi connectivity index (χ1n) is 6.73. The molecule has 2 rings (SSSR count). The molecule has 4 heteroatoms. The maximum atomic E-state index is 10.8. The zero-order chi connectivity index (χ0) is 14.4. The van der Waals surface area contributed by atoms with Crippen molar-refractivity contribution in [3.05, 3.63) is 57.8 Å². The summed E-state index contributed by atoms with van der Waals surface area (Å²) in [5, 5.41) is 13.9. The van der Waals surface area contributed by atoms with Crippen molar-refractivity contribution >= 4 is 17.3 Å². The number of hydrogen-bond acceptors (Lipinski definition) is 3. The first-order chi connectivity index (χ1) is 9.66. The highest BCUT2D eigenvalue weighted by Gasteiger charge is 2.07. The average Bonchev–Trinajstić information content (AvgIpc) is 2.93. The molecule has 0 amide bonds. The van der Waals surface area contributed by atoms with E-state index in [1.54, 1.807) is 11.4 Å². The van der Waals surface area contributed by atoms with Crippen molar-refractivity contribution in [1.82, 2.24) is 5.32 Å². The van der Waals surface area contributed by atoms with Crippen molar-refractivity contribution in [2.24, 2.45) is 0 Å². The Morgan fingerprint density at radius 3 is 2.75 bits per heavy atom. The molecule has 0 saturated carbocycles. The number of rotatable bonds is 7. The van der Waals surface area contributed by atoms with Gasteiger partial charge in [-0.3, -0.25) is 0 Å². The molecule has 0 aliphatic rings. The fraction of sp³-hybridized carbons (Fsp3) is 0.312. The van der Waals surface area contributed by atoms with Crippen LogP contribution >= 0.6 is 11.3 Å². The van der Waals surface area contributed by atoms with Gasteiger partial charge in [0.1, 0.15) is 0 Å². The van der Waals surface area contributed by atoms with Crippen molar-refractivity contribution < 1.29 is 9.90 Å². The molecule has 1 unspecified atom stereocenters. The topological polar surface area (TPSA) is 49.3 Å². The Bertz CT molecular complexity index is 551. The Hall–Kier alpha value is -1.65. The predicted molar refractivity (Wildman–Crippen MR) is 82.5 cm³/mol. The van der Waals surface area contributed by atoms with E-state index < -0.39 is 5.97 Å². The number of carboxylic acid groups (broad SMARTS) is 1. The van der Waals surface area contributed by atoms with E-state index in [1.165, 1.54) is 16.9 Å². The highest BCUT2D eigenvalue weighted by Crippen LogP contribution is 2.18. The second kappa shape index (κ2) is 7.22. The lowest BCUT2D eigenvalue weighted by molar-refractivity contribution is 0.0697. The fourth-order valence-electron chi connectivity index (χ4n) is 2.06. The Kier molecular flexibility index (Phi) is 5.32. The third-order valence-electron chi connectivity index (χ3n) is 3.32. The van der Waals surface area contributed by atoms with E-state index in [4.69, 9.17) is 5.11 Å². The highest BCUT2D eigenvalue weighted by atomic mass is 32.1. The van der Waals surface area contributed by atoms with E-state index >= 15 is 0 Å². The molecule has 1 heterocycles. The molecule has 20 heavy (non-hydrogen) atoms. The monoisotopic (exact) mass is 289 g/mol. The normalized spacial score (nSPS) is 12.2. The first-order valence-corrected chi connectivity index (χ1v) is 7.61. The minimum atomic E-state index is -0.856. The van der Waals surface area contributed by atoms with Gasteiger partial charge in [-0.1, -0.05) is 37.3 Å². The molecule has 0 aliphatic heterocycles. The number of nitrogens with one attached hydrogen (secondary N) is 1. The molecule has 0 spiro atoms. The minimum absolute atomic E-state index is 0.379. The van der Waals surface area contributed by atoms with Crippen LogP contribution in [0.3, 0.4) is 0 Å².